The van der Waals surface area contributed by atoms with Gasteiger partial charge in [0.15, 0.2) is 0 Å². The lowest BCUT2D eigenvalue weighted by molar-refractivity contribution is 0.190. The minimum atomic E-state index is -0.259. The van der Waals surface area contributed by atoms with Crippen molar-refractivity contribution in [3.05, 3.63) is 34.6 Å². The van der Waals surface area contributed by atoms with Crippen LogP contribution in [-0.4, -0.2) is 30.6 Å². The number of nitrogens with zero attached hydrogens (tertiary/aromatic N) is 1. The van der Waals surface area contributed by atoms with E-state index in [0.717, 1.165) is 37.7 Å². The molecule has 0 spiro atoms. The molecule has 1 heterocycles. The first-order valence-electron chi connectivity index (χ1n) is 7.11. The van der Waals surface area contributed by atoms with E-state index in [0.29, 0.717) is 11.1 Å². The maximum atomic E-state index is 13.1. The Balaban J connectivity index is 1.71. The van der Waals surface area contributed by atoms with Gasteiger partial charge in [0.25, 0.3) is 0 Å². The third kappa shape index (κ3) is 3.47. The van der Waals surface area contributed by atoms with E-state index in [1.165, 1.54) is 31.4 Å². The summed E-state index contributed by atoms with van der Waals surface area (Å²) in [5.74, 6) is 0.602. The van der Waals surface area contributed by atoms with E-state index < -0.39 is 0 Å². The van der Waals surface area contributed by atoms with E-state index in [4.69, 9.17) is 11.6 Å². The summed E-state index contributed by atoms with van der Waals surface area (Å²) < 4.78 is 13.1. The summed E-state index contributed by atoms with van der Waals surface area (Å²) in [5.41, 5.74) is 1.04. The SMILES string of the molecule is Fc1ccc(CN(CC2CC2)C2CCNC2)c(Cl)c1. The van der Waals surface area contributed by atoms with Gasteiger partial charge in [-0.15, -0.1) is 0 Å². The van der Waals surface area contributed by atoms with Gasteiger partial charge in [0.1, 0.15) is 5.82 Å². The predicted octanol–water partition coefficient (Wildman–Crippen LogP) is 3.05. The highest BCUT2D eigenvalue weighted by Crippen LogP contribution is 2.32. The Bertz CT molecular complexity index is 442. The van der Waals surface area contributed by atoms with E-state index in [2.05, 4.69) is 10.2 Å². The lowest BCUT2D eigenvalue weighted by Crippen LogP contribution is -2.37. The molecule has 1 aromatic carbocycles. The molecule has 2 aliphatic rings. The second-order valence-electron chi connectivity index (χ2n) is 5.76. The van der Waals surface area contributed by atoms with Gasteiger partial charge in [-0.3, -0.25) is 4.90 Å². The molecule has 1 saturated heterocycles. The fraction of sp³-hybridized carbons (Fsp3) is 0.600. The molecule has 1 aliphatic heterocycles. The predicted molar refractivity (Wildman–Crippen MR) is 75.8 cm³/mol. The topological polar surface area (TPSA) is 15.3 Å². The zero-order valence-electron chi connectivity index (χ0n) is 11.0. The highest BCUT2D eigenvalue weighted by Gasteiger charge is 2.29. The summed E-state index contributed by atoms with van der Waals surface area (Å²) >= 11 is 6.15. The highest BCUT2D eigenvalue weighted by atomic mass is 35.5. The van der Waals surface area contributed by atoms with Crippen molar-refractivity contribution in [1.29, 1.82) is 0 Å². The van der Waals surface area contributed by atoms with Gasteiger partial charge in [0, 0.05) is 30.7 Å². The molecule has 3 rings (SSSR count). The zero-order chi connectivity index (χ0) is 13.2. The van der Waals surface area contributed by atoms with Gasteiger partial charge in [-0.2, -0.15) is 0 Å². The summed E-state index contributed by atoms with van der Waals surface area (Å²) in [7, 11) is 0. The van der Waals surface area contributed by atoms with Crippen molar-refractivity contribution >= 4 is 11.6 Å². The van der Waals surface area contributed by atoms with Crippen molar-refractivity contribution in [2.45, 2.75) is 31.8 Å². The molecule has 19 heavy (non-hydrogen) atoms. The lowest BCUT2D eigenvalue weighted by atomic mass is 10.1. The average Bonchev–Trinajstić information content (AvgIpc) is 3.03. The molecule has 4 heteroatoms. The minimum absolute atomic E-state index is 0.259. The third-order valence-corrected chi connectivity index (χ3v) is 4.48. The fourth-order valence-corrected chi connectivity index (χ4v) is 3.02. The van der Waals surface area contributed by atoms with Crippen LogP contribution in [0.25, 0.3) is 0 Å². The molecule has 1 unspecified atom stereocenters. The Hall–Kier alpha value is -0.640. The smallest absolute Gasteiger partial charge is 0.124 e. The van der Waals surface area contributed by atoms with Crippen molar-refractivity contribution < 1.29 is 4.39 Å². The van der Waals surface area contributed by atoms with Crippen LogP contribution in [0.4, 0.5) is 4.39 Å². The fourth-order valence-electron chi connectivity index (χ4n) is 2.79. The molecule has 1 aliphatic carbocycles. The largest absolute Gasteiger partial charge is 0.315 e. The summed E-state index contributed by atoms with van der Waals surface area (Å²) in [6.07, 6.45) is 3.91. The van der Waals surface area contributed by atoms with Gasteiger partial charge >= 0.3 is 0 Å². The molecule has 1 saturated carbocycles. The van der Waals surface area contributed by atoms with Crippen LogP contribution in [-0.2, 0) is 6.54 Å². The van der Waals surface area contributed by atoms with E-state index in [-0.39, 0.29) is 5.82 Å². The molecule has 2 nitrogen and oxygen atoms in total. The Kier molecular flexibility index (Phi) is 4.06. The second-order valence-corrected chi connectivity index (χ2v) is 6.16. The summed E-state index contributed by atoms with van der Waals surface area (Å²) in [5, 5.41) is 3.97. The molecule has 0 amide bonds. The van der Waals surface area contributed by atoms with Crippen LogP contribution < -0.4 is 5.32 Å². The molecule has 104 valence electrons. The van der Waals surface area contributed by atoms with Gasteiger partial charge in [-0.05, 0) is 49.4 Å². The first kappa shape index (κ1) is 13.3. The Labute approximate surface area is 118 Å². The van der Waals surface area contributed by atoms with Crippen molar-refractivity contribution in [2.24, 2.45) is 5.92 Å². The lowest BCUT2D eigenvalue weighted by Gasteiger charge is -2.28. The van der Waals surface area contributed by atoms with E-state index in [1.54, 1.807) is 0 Å². The standard InChI is InChI=1S/C15H20ClFN2/c16-15-7-13(17)4-3-12(15)10-19(9-11-1-2-11)14-5-6-18-8-14/h3-4,7,11,14,18H,1-2,5-6,8-10H2. The van der Waals surface area contributed by atoms with Crippen LogP contribution in [0.5, 0.6) is 0 Å². The number of hydrogen-bond donors (Lipinski definition) is 1. The van der Waals surface area contributed by atoms with Crippen LogP contribution in [0.2, 0.25) is 5.02 Å². The quantitative estimate of drug-likeness (QED) is 0.893. The molecule has 0 aromatic heterocycles. The number of halogens is 2. The molecular formula is C15H20ClFN2. The number of hydrogen-bond acceptors (Lipinski definition) is 2. The molecule has 1 atom stereocenters. The van der Waals surface area contributed by atoms with Gasteiger partial charge < -0.3 is 5.32 Å². The Morgan fingerprint density at radius 1 is 1.32 bits per heavy atom. The maximum absolute atomic E-state index is 13.1. The summed E-state index contributed by atoms with van der Waals surface area (Å²) in [6.45, 7) is 4.15. The van der Waals surface area contributed by atoms with Crippen LogP contribution >= 0.6 is 11.6 Å². The number of nitrogens with one attached hydrogen (secondary N) is 1. The summed E-state index contributed by atoms with van der Waals surface area (Å²) in [4.78, 5) is 2.52. The Morgan fingerprint density at radius 2 is 2.16 bits per heavy atom. The minimum Gasteiger partial charge on any atom is -0.315 e. The van der Waals surface area contributed by atoms with Crippen LogP contribution in [0, 0.1) is 11.7 Å². The third-order valence-electron chi connectivity index (χ3n) is 4.13. The van der Waals surface area contributed by atoms with E-state index >= 15 is 0 Å². The monoisotopic (exact) mass is 282 g/mol. The van der Waals surface area contributed by atoms with Crippen LogP contribution in [0.3, 0.4) is 0 Å². The number of rotatable bonds is 5. The molecule has 2 fully saturated rings. The van der Waals surface area contributed by atoms with Crippen LogP contribution in [0.15, 0.2) is 18.2 Å². The normalized spacial score (nSPS) is 23.2. The van der Waals surface area contributed by atoms with Gasteiger partial charge in [0.2, 0.25) is 0 Å². The van der Waals surface area contributed by atoms with Gasteiger partial charge in [-0.1, -0.05) is 17.7 Å². The van der Waals surface area contributed by atoms with Gasteiger partial charge in [0.05, 0.1) is 0 Å². The van der Waals surface area contributed by atoms with Crippen molar-refractivity contribution in [2.75, 3.05) is 19.6 Å². The van der Waals surface area contributed by atoms with Crippen LogP contribution in [0.1, 0.15) is 24.8 Å². The maximum Gasteiger partial charge on any atom is 0.124 e. The molecule has 0 bridgehead atoms. The molecule has 0 radical (unpaired) electrons. The summed E-state index contributed by atoms with van der Waals surface area (Å²) in [6, 6.07) is 5.34. The van der Waals surface area contributed by atoms with Crippen molar-refractivity contribution in [1.82, 2.24) is 10.2 Å². The average molecular weight is 283 g/mol. The first-order valence-corrected chi connectivity index (χ1v) is 7.49. The molecule has 1 N–H and O–H groups in total. The second kappa shape index (κ2) is 5.78. The number of benzene rings is 1. The highest BCUT2D eigenvalue weighted by molar-refractivity contribution is 6.31. The van der Waals surface area contributed by atoms with Crippen molar-refractivity contribution in [3.8, 4) is 0 Å². The van der Waals surface area contributed by atoms with E-state index in [9.17, 15) is 4.39 Å². The van der Waals surface area contributed by atoms with Crippen molar-refractivity contribution in [3.63, 3.8) is 0 Å². The first-order chi connectivity index (χ1) is 9.22. The van der Waals surface area contributed by atoms with Gasteiger partial charge in [-0.25, -0.2) is 4.39 Å². The Morgan fingerprint density at radius 3 is 2.79 bits per heavy atom. The molecular weight excluding hydrogens is 263 g/mol. The zero-order valence-corrected chi connectivity index (χ0v) is 11.8. The molecule has 1 aromatic rings. The van der Waals surface area contributed by atoms with E-state index in [1.807, 2.05) is 6.07 Å².